The van der Waals surface area contributed by atoms with Crippen LogP contribution in [0.3, 0.4) is 0 Å². The number of nitrogens with one attached hydrogen (secondary N) is 2. The predicted molar refractivity (Wildman–Crippen MR) is 117 cm³/mol. The van der Waals surface area contributed by atoms with Gasteiger partial charge in [0.25, 0.3) is 11.5 Å². The van der Waals surface area contributed by atoms with E-state index in [1.807, 2.05) is 41.8 Å². The number of benzene rings is 1. The molecule has 0 aliphatic rings. The van der Waals surface area contributed by atoms with Gasteiger partial charge in [-0.3, -0.25) is 9.59 Å². The van der Waals surface area contributed by atoms with Crippen molar-refractivity contribution in [3.8, 4) is 22.2 Å². The highest BCUT2D eigenvalue weighted by Gasteiger charge is 2.12. The molecular weight excluding hydrogens is 454 g/mol. The number of anilines is 1. The molecule has 6 nitrogen and oxygen atoms in total. The zero-order chi connectivity index (χ0) is 20.2. The Morgan fingerprint density at radius 3 is 2.69 bits per heavy atom. The summed E-state index contributed by atoms with van der Waals surface area (Å²) in [6.45, 7) is 0. The molecule has 0 bridgehead atoms. The van der Waals surface area contributed by atoms with Gasteiger partial charge in [-0.05, 0) is 47.8 Å². The molecule has 0 unspecified atom stereocenters. The van der Waals surface area contributed by atoms with Gasteiger partial charge in [0.15, 0.2) is 0 Å². The van der Waals surface area contributed by atoms with Crippen LogP contribution in [0.2, 0.25) is 0 Å². The number of nitrogens with zero attached hydrogens (tertiary/aromatic N) is 1. The molecule has 8 heteroatoms. The maximum absolute atomic E-state index is 12.5. The summed E-state index contributed by atoms with van der Waals surface area (Å²) < 4.78 is 6.56. The molecule has 0 fully saturated rings. The van der Waals surface area contributed by atoms with E-state index in [0.717, 1.165) is 9.35 Å². The van der Waals surface area contributed by atoms with Crippen LogP contribution in [0, 0.1) is 0 Å². The van der Waals surface area contributed by atoms with Gasteiger partial charge < -0.3 is 15.0 Å². The lowest BCUT2D eigenvalue weighted by atomic mass is 10.2. The zero-order valence-electron chi connectivity index (χ0n) is 14.9. The predicted octanol–water partition coefficient (Wildman–Crippen LogP) is 5.31. The summed E-state index contributed by atoms with van der Waals surface area (Å²) in [5.41, 5.74) is 0.714. The third-order valence-electron chi connectivity index (χ3n) is 3.95. The molecular formula is C21H14BrN3O3S. The van der Waals surface area contributed by atoms with Crippen molar-refractivity contribution in [2.24, 2.45) is 0 Å². The van der Waals surface area contributed by atoms with E-state index in [9.17, 15) is 9.59 Å². The van der Waals surface area contributed by atoms with E-state index in [-0.39, 0.29) is 5.56 Å². The quantitative estimate of drug-likeness (QED) is 0.416. The number of thiophene rings is 1. The Morgan fingerprint density at radius 1 is 1.10 bits per heavy atom. The summed E-state index contributed by atoms with van der Waals surface area (Å²) in [4.78, 5) is 32.6. The van der Waals surface area contributed by atoms with Crippen LogP contribution >= 0.6 is 27.3 Å². The minimum absolute atomic E-state index is 0.0276. The van der Waals surface area contributed by atoms with E-state index in [4.69, 9.17) is 4.74 Å². The van der Waals surface area contributed by atoms with Crippen molar-refractivity contribution in [2.75, 3.05) is 5.32 Å². The number of aromatic nitrogens is 2. The van der Waals surface area contributed by atoms with Gasteiger partial charge in [0.05, 0.1) is 22.5 Å². The van der Waals surface area contributed by atoms with E-state index in [2.05, 4.69) is 31.2 Å². The van der Waals surface area contributed by atoms with Crippen molar-refractivity contribution in [3.05, 3.63) is 92.6 Å². The summed E-state index contributed by atoms with van der Waals surface area (Å²) in [5, 5.41) is 4.59. The number of H-pyrrole nitrogens is 1. The number of aromatic amines is 1. The minimum atomic E-state index is -0.508. The van der Waals surface area contributed by atoms with Crippen molar-refractivity contribution in [1.29, 1.82) is 0 Å². The first kappa shape index (κ1) is 19.1. The topological polar surface area (TPSA) is 84.1 Å². The van der Waals surface area contributed by atoms with Gasteiger partial charge in [-0.1, -0.05) is 28.1 Å². The Labute approximate surface area is 178 Å². The second-order valence-corrected chi connectivity index (χ2v) is 7.85. The van der Waals surface area contributed by atoms with Gasteiger partial charge in [0.2, 0.25) is 5.88 Å². The fourth-order valence-corrected chi connectivity index (χ4v) is 3.68. The highest BCUT2D eigenvalue weighted by molar-refractivity contribution is 9.10. The molecule has 0 aliphatic heterocycles. The lowest BCUT2D eigenvalue weighted by Crippen LogP contribution is -2.23. The summed E-state index contributed by atoms with van der Waals surface area (Å²) in [6.07, 6.45) is 1.47. The Balaban J connectivity index is 1.45. The largest absolute Gasteiger partial charge is 0.439 e. The standard InChI is InChI=1S/C21H14BrN3O3S/c22-13-3-1-4-15(11-13)28-19-9-6-14(12-23-19)24-20(26)16-7-8-17(25-21(16)27)18-5-2-10-29-18/h1-12H,(H,24,26)(H,25,27). The molecule has 144 valence electrons. The Morgan fingerprint density at radius 2 is 2.00 bits per heavy atom. The SMILES string of the molecule is O=C(Nc1ccc(Oc2cccc(Br)c2)nc1)c1ccc(-c2cccs2)[nH]c1=O. The van der Waals surface area contributed by atoms with Gasteiger partial charge >= 0.3 is 0 Å². The van der Waals surface area contributed by atoms with Gasteiger partial charge in [-0.15, -0.1) is 11.3 Å². The molecule has 0 atom stereocenters. The normalized spacial score (nSPS) is 10.5. The first-order valence-electron chi connectivity index (χ1n) is 8.56. The first-order valence-corrected chi connectivity index (χ1v) is 10.2. The molecule has 0 saturated carbocycles. The van der Waals surface area contributed by atoms with Crippen LogP contribution in [-0.4, -0.2) is 15.9 Å². The highest BCUT2D eigenvalue weighted by atomic mass is 79.9. The first-order chi connectivity index (χ1) is 14.1. The maximum Gasteiger partial charge on any atom is 0.261 e. The average molecular weight is 468 g/mol. The number of carbonyl (C=O) groups is 1. The molecule has 4 rings (SSSR count). The molecule has 0 radical (unpaired) electrons. The molecule has 3 aromatic heterocycles. The van der Waals surface area contributed by atoms with Gasteiger partial charge in [-0.25, -0.2) is 4.98 Å². The molecule has 29 heavy (non-hydrogen) atoms. The molecule has 0 aliphatic carbocycles. The summed E-state index contributed by atoms with van der Waals surface area (Å²) >= 11 is 4.89. The Hall–Kier alpha value is -3.23. The molecule has 1 amide bonds. The van der Waals surface area contributed by atoms with Crippen LogP contribution in [0.4, 0.5) is 5.69 Å². The number of hydrogen-bond acceptors (Lipinski definition) is 5. The monoisotopic (exact) mass is 467 g/mol. The number of rotatable bonds is 5. The lowest BCUT2D eigenvalue weighted by molar-refractivity contribution is 0.102. The van der Waals surface area contributed by atoms with Gasteiger partial charge in [0.1, 0.15) is 11.3 Å². The van der Waals surface area contributed by atoms with Crippen LogP contribution in [0.1, 0.15) is 10.4 Å². The van der Waals surface area contributed by atoms with E-state index in [0.29, 0.717) is 23.0 Å². The lowest BCUT2D eigenvalue weighted by Gasteiger charge is -2.08. The molecule has 0 spiro atoms. The number of hydrogen-bond donors (Lipinski definition) is 2. The third kappa shape index (κ3) is 4.61. The van der Waals surface area contributed by atoms with Gasteiger partial charge in [0, 0.05) is 10.5 Å². The molecule has 4 aromatic rings. The number of pyridine rings is 2. The van der Waals surface area contributed by atoms with Crippen LogP contribution in [0.15, 0.2) is 81.5 Å². The second-order valence-electron chi connectivity index (χ2n) is 5.99. The molecule has 3 heterocycles. The van der Waals surface area contributed by atoms with Gasteiger partial charge in [-0.2, -0.15) is 0 Å². The summed E-state index contributed by atoms with van der Waals surface area (Å²) in [5.74, 6) is 0.520. The van der Waals surface area contributed by atoms with Crippen LogP contribution in [-0.2, 0) is 0 Å². The average Bonchev–Trinajstić information content (AvgIpc) is 3.24. The minimum Gasteiger partial charge on any atom is -0.439 e. The number of ether oxygens (including phenoxy) is 1. The van der Waals surface area contributed by atoms with Crippen LogP contribution in [0.5, 0.6) is 11.6 Å². The van der Waals surface area contributed by atoms with E-state index in [1.54, 1.807) is 18.2 Å². The van der Waals surface area contributed by atoms with Crippen molar-refractivity contribution in [1.82, 2.24) is 9.97 Å². The molecule has 1 aromatic carbocycles. The van der Waals surface area contributed by atoms with Crippen molar-refractivity contribution >= 4 is 38.9 Å². The second kappa shape index (κ2) is 8.42. The van der Waals surface area contributed by atoms with Crippen molar-refractivity contribution < 1.29 is 9.53 Å². The van der Waals surface area contributed by atoms with Crippen molar-refractivity contribution in [2.45, 2.75) is 0 Å². The van der Waals surface area contributed by atoms with E-state index < -0.39 is 11.5 Å². The number of halogens is 1. The third-order valence-corrected chi connectivity index (χ3v) is 5.35. The summed E-state index contributed by atoms with van der Waals surface area (Å²) in [7, 11) is 0. The van der Waals surface area contributed by atoms with Crippen LogP contribution in [0.25, 0.3) is 10.6 Å². The molecule has 0 saturated heterocycles. The Kier molecular flexibility index (Phi) is 5.55. The van der Waals surface area contributed by atoms with Crippen molar-refractivity contribution in [3.63, 3.8) is 0 Å². The Bertz CT molecular complexity index is 1200. The van der Waals surface area contributed by atoms with E-state index in [1.165, 1.54) is 23.6 Å². The fourth-order valence-electron chi connectivity index (χ4n) is 2.59. The summed E-state index contributed by atoms with van der Waals surface area (Å²) in [6, 6.07) is 17.7. The zero-order valence-corrected chi connectivity index (χ0v) is 17.3. The van der Waals surface area contributed by atoms with E-state index >= 15 is 0 Å². The molecule has 2 N–H and O–H groups in total. The fraction of sp³-hybridized carbons (Fsp3) is 0. The number of carbonyl (C=O) groups excluding carboxylic acids is 1. The van der Waals surface area contributed by atoms with Crippen LogP contribution < -0.4 is 15.6 Å². The highest BCUT2D eigenvalue weighted by Crippen LogP contribution is 2.24. The maximum atomic E-state index is 12.5. The smallest absolute Gasteiger partial charge is 0.261 e. The number of amides is 1.